The Balaban J connectivity index is 1.70. The number of anilines is 1. The molecule has 1 saturated heterocycles. The van der Waals surface area contributed by atoms with Crippen molar-refractivity contribution in [2.24, 2.45) is 5.92 Å². The zero-order valence-corrected chi connectivity index (χ0v) is 14.2. The van der Waals surface area contributed by atoms with Gasteiger partial charge in [0.25, 0.3) is 0 Å². The van der Waals surface area contributed by atoms with Crippen LogP contribution in [0.3, 0.4) is 0 Å². The van der Waals surface area contributed by atoms with Gasteiger partial charge in [-0.15, -0.1) is 10.2 Å². The van der Waals surface area contributed by atoms with Crippen molar-refractivity contribution >= 4 is 23.6 Å². The molecule has 7 heteroatoms. The van der Waals surface area contributed by atoms with Gasteiger partial charge in [0.05, 0.1) is 5.75 Å². The number of hydrogen-bond acceptors (Lipinski definition) is 5. The minimum atomic E-state index is 0.0613. The van der Waals surface area contributed by atoms with E-state index in [2.05, 4.69) is 31.9 Å². The van der Waals surface area contributed by atoms with Gasteiger partial charge >= 0.3 is 0 Å². The number of carbonyl (C=O) groups excluding carboxylic acids is 1. The third kappa shape index (κ3) is 3.56. The molecule has 0 spiro atoms. The molecule has 1 aliphatic heterocycles. The molecule has 3 rings (SSSR count). The molecule has 1 aliphatic carbocycles. The monoisotopic (exact) mass is 323 g/mol. The van der Waals surface area contributed by atoms with E-state index >= 15 is 0 Å². The highest BCUT2D eigenvalue weighted by atomic mass is 32.2. The molecule has 0 atom stereocenters. The third-order valence-electron chi connectivity index (χ3n) is 4.33. The quantitative estimate of drug-likeness (QED) is 0.812. The molecule has 2 heterocycles. The normalized spacial score (nSPS) is 19.5. The van der Waals surface area contributed by atoms with Gasteiger partial charge in [0.15, 0.2) is 5.16 Å². The van der Waals surface area contributed by atoms with E-state index in [9.17, 15) is 4.79 Å². The predicted octanol–water partition coefficient (Wildman–Crippen LogP) is 2.08. The third-order valence-corrected chi connectivity index (χ3v) is 5.27. The Morgan fingerprint density at radius 2 is 2.00 bits per heavy atom. The minimum Gasteiger partial charge on any atom is -0.356 e. The van der Waals surface area contributed by atoms with E-state index in [1.807, 2.05) is 6.92 Å². The van der Waals surface area contributed by atoms with Crippen molar-refractivity contribution in [2.75, 3.05) is 30.3 Å². The maximum atomic E-state index is 11.7. The topological polar surface area (TPSA) is 63.1 Å². The van der Waals surface area contributed by atoms with Gasteiger partial charge in [-0.25, -0.2) is 0 Å². The molecule has 6 nitrogen and oxygen atoms in total. The Morgan fingerprint density at radius 3 is 2.64 bits per heavy atom. The number of amides is 1. The number of thioether (sulfide) groups is 1. The Bertz CT molecular complexity index is 520. The molecule has 1 aromatic rings. The summed E-state index contributed by atoms with van der Waals surface area (Å²) in [6.45, 7) is 7.05. The van der Waals surface area contributed by atoms with Crippen LogP contribution in [-0.2, 0) is 4.79 Å². The van der Waals surface area contributed by atoms with E-state index in [1.54, 1.807) is 0 Å². The molecular weight excluding hydrogens is 298 g/mol. The first-order valence-electron chi connectivity index (χ1n) is 8.28. The lowest BCUT2D eigenvalue weighted by Gasteiger charge is -2.31. The van der Waals surface area contributed by atoms with Gasteiger partial charge in [0.1, 0.15) is 0 Å². The van der Waals surface area contributed by atoms with E-state index in [0.717, 1.165) is 30.1 Å². The maximum absolute atomic E-state index is 11.7. The summed E-state index contributed by atoms with van der Waals surface area (Å²) in [5.74, 6) is 2.29. The molecule has 0 radical (unpaired) electrons. The molecule has 1 saturated carbocycles. The van der Waals surface area contributed by atoms with E-state index in [0.29, 0.717) is 18.3 Å². The summed E-state index contributed by atoms with van der Waals surface area (Å²) in [6.07, 6.45) is 4.84. The fourth-order valence-corrected chi connectivity index (χ4v) is 3.65. The van der Waals surface area contributed by atoms with Crippen molar-refractivity contribution < 1.29 is 4.79 Å². The van der Waals surface area contributed by atoms with Crippen LogP contribution in [0.1, 0.15) is 45.6 Å². The summed E-state index contributed by atoms with van der Waals surface area (Å²) in [5.41, 5.74) is 0. The van der Waals surface area contributed by atoms with Crippen molar-refractivity contribution in [1.29, 1.82) is 0 Å². The fraction of sp³-hybridized carbons (Fsp3) is 0.800. The second kappa shape index (κ2) is 6.89. The Morgan fingerprint density at radius 1 is 1.27 bits per heavy atom. The maximum Gasteiger partial charge on any atom is 0.230 e. The number of nitrogens with zero attached hydrogens (tertiary/aromatic N) is 4. The van der Waals surface area contributed by atoms with Crippen molar-refractivity contribution in [3.8, 4) is 0 Å². The SMILES string of the molecule is CCNC(=O)CSc1nnc(N2CCC(C)CC2)n1C1CC1. The van der Waals surface area contributed by atoms with E-state index < -0.39 is 0 Å². The van der Waals surface area contributed by atoms with Crippen molar-refractivity contribution in [3.63, 3.8) is 0 Å². The molecule has 2 fully saturated rings. The molecule has 0 bridgehead atoms. The first kappa shape index (κ1) is 15.6. The van der Waals surface area contributed by atoms with E-state index in [4.69, 9.17) is 0 Å². The summed E-state index contributed by atoms with van der Waals surface area (Å²) in [5, 5.41) is 12.5. The number of aromatic nitrogens is 3. The molecule has 2 aliphatic rings. The second-order valence-corrected chi connectivity index (χ2v) is 7.24. The molecular formula is C15H25N5OS. The molecule has 1 amide bonds. The van der Waals surface area contributed by atoms with E-state index in [1.165, 1.54) is 37.4 Å². The van der Waals surface area contributed by atoms with Crippen LogP contribution in [0.25, 0.3) is 0 Å². The first-order chi connectivity index (χ1) is 10.7. The average molecular weight is 323 g/mol. The summed E-state index contributed by atoms with van der Waals surface area (Å²) >= 11 is 1.50. The lowest BCUT2D eigenvalue weighted by Crippen LogP contribution is -2.34. The van der Waals surface area contributed by atoms with Crippen LogP contribution in [-0.4, -0.2) is 46.1 Å². The number of piperidine rings is 1. The number of nitrogens with one attached hydrogen (secondary N) is 1. The standard InChI is InChI=1S/C15H25N5OS/c1-3-16-13(21)10-22-15-18-17-14(20(15)12-4-5-12)19-8-6-11(2)7-9-19/h11-12H,3-10H2,1-2H3,(H,16,21). The van der Waals surface area contributed by atoms with Crippen LogP contribution in [0.4, 0.5) is 5.95 Å². The summed E-state index contributed by atoms with van der Waals surface area (Å²) in [6, 6.07) is 0.529. The van der Waals surface area contributed by atoms with Crippen LogP contribution in [0.5, 0.6) is 0 Å². The highest BCUT2D eigenvalue weighted by Crippen LogP contribution is 2.41. The van der Waals surface area contributed by atoms with Crippen LogP contribution < -0.4 is 10.2 Å². The average Bonchev–Trinajstić information content (AvgIpc) is 3.26. The summed E-state index contributed by atoms with van der Waals surface area (Å²) in [7, 11) is 0. The van der Waals surface area contributed by atoms with Crippen LogP contribution in [0.2, 0.25) is 0 Å². The van der Waals surface area contributed by atoms with Gasteiger partial charge in [-0.05, 0) is 38.5 Å². The molecule has 0 unspecified atom stereocenters. The van der Waals surface area contributed by atoms with Crippen molar-refractivity contribution in [1.82, 2.24) is 20.1 Å². The predicted molar refractivity (Wildman–Crippen MR) is 88.3 cm³/mol. The lowest BCUT2D eigenvalue weighted by molar-refractivity contribution is -0.118. The van der Waals surface area contributed by atoms with Crippen LogP contribution >= 0.6 is 11.8 Å². The first-order valence-corrected chi connectivity index (χ1v) is 9.27. The summed E-state index contributed by atoms with van der Waals surface area (Å²) < 4.78 is 2.26. The highest BCUT2D eigenvalue weighted by Gasteiger charge is 2.32. The fourth-order valence-electron chi connectivity index (χ4n) is 2.82. The number of hydrogen-bond donors (Lipinski definition) is 1. The largest absolute Gasteiger partial charge is 0.356 e. The van der Waals surface area contributed by atoms with Gasteiger partial charge in [-0.1, -0.05) is 18.7 Å². The molecule has 22 heavy (non-hydrogen) atoms. The molecule has 1 aromatic heterocycles. The second-order valence-electron chi connectivity index (χ2n) is 6.30. The Hall–Kier alpha value is -1.24. The van der Waals surface area contributed by atoms with Crippen LogP contribution in [0.15, 0.2) is 5.16 Å². The molecule has 0 aromatic carbocycles. The van der Waals surface area contributed by atoms with Crippen molar-refractivity contribution in [2.45, 2.75) is 50.7 Å². The van der Waals surface area contributed by atoms with Crippen molar-refractivity contribution in [3.05, 3.63) is 0 Å². The highest BCUT2D eigenvalue weighted by molar-refractivity contribution is 7.99. The lowest BCUT2D eigenvalue weighted by atomic mass is 10.00. The molecule has 1 N–H and O–H groups in total. The smallest absolute Gasteiger partial charge is 0.230 e. The zero-order chi connectivity index (χ0) is 15.5. The number of carbonyl (C=O) groups is 1. The van der Waals surface area contributed by atoms with Gasteiger partial charge in [-0.3, -0.25) is 9.36 Å². The van der Waals surface area contributed by atoms with Gasteiger partial charge in [0.2, 0.25) is 11.9 Å². The molecule has 122 valence electrons. The van der Waals surface area contributed by atoms with Crippen LogP contribution in [0, 0.1) is 5.92 Å². The van der Waals surface area contributed by atoms with Gasteiger partial charge in [0, 0.05) is 25.7 Å². The van der Waals surface area contributed by atoms with Gasteiger partial charge in [-0.2, -0.15) is 0 Å². The zero-order valence-electron chi connectivity index (χ0n) is 13.4. The Labute approximate surface area is 136 Å². The Kier molecular flexibility index (Phi) is 4.90. The van der Waals surface area contributed by atoms with E-state index in [-0.39, 0.29) is 5.91 Å². The summed E-state index contributed by atoms with van der Waals surface area (Å²) in [4.78, 5) is 14.0. The number of rotatable bonds is 6. The van der Waals surface area contributed by atoms with Gasteiger partial charge < -0.3 is 10.2 Å². The minimum absolute atomic E-state index is 0.0613.